The van der Waals surface area contributed by atoms with Crippen molar-refractivity contribution in [1.29, 1.82) is 0 Å². The minimum atomic E-state index is -0.604. The minimum absolute atomic E-state index is 0.140. The van der Waals surface area contributed by atoms with Crippen LogP contribution in [0.3, 0.4) is 0 Å². The van der Waals surface area contributed by atoms with Crippen molar-refractivity contribution in [3.63, 3.8) is 0 Å². The summed E-state index contributed by atoms with van der Waals surface area (Å²) in [5, 5.41) is 0. The molecule has 33 heavy (non-hydrogen) atoms. The second kappa shape index (κ2) is 9.08. The number of methoxy groups -OCH3 is 2. The maximum atomic E-state index is 13.6. The topological polar surface area (TPSA) is 92.3 Å². The SMILES string of the molecule is COC(=O)c1cc(C(=O)c2c(C)c(OC)c3ccc(OCc4ccccc4)cn23)ccc1N. The van der Waals surface area contributed by atoms with Crippen LogP contribution in [0.4, 0.5) is 5.69 Å². The molecule has 0 saturated carbocycles. The molecule has 0 fully saturated rings. The largest absolute Gasteiger partial charge is 0.494 e. The van der Waals surface area contributed by atoms with Crippen LogP contribution < -0.4 is 15.2 Å². The van der Waals surface area contributed by atoms with Crippen molar-refractivity contribution in [1.82, 2.24) is 4.40 Å². The van der Waals surface area contributed by atoms with Crippen LogP contribution in [0.1, 0.15) is 37.5 Å². The monoisotopic (exact) mass is 444 g/mol. The van der Waals surface area contributed by atoms with Crippen molar-refractivity contribution in [3.8, 4) is 11.5 Å². The van der Waals surface area contributed by atoms with E-state index in [1.54, 1.807) is 23.8 Å². The summed E-state index contributed by atoms with van der Waals surface area (Å²) in [6.45, 7) is 2.22. The van der Waals surface area contributed by atoms with Crippen molar-refractivity contribution in [2.24, 2.45) is 0 Å². The van der Waals surface area contributed by atoms with E-state index in [0.717, 1.165) is 11.1 Å². The zero-order valence-corrected chi connectivity index (χ0v) is 18.6. The van der Waals surface area contributed by atoms with Gasteiger partial charge >= 0.3 is 5.97 Å². The molecule has 2 N–H and O–H groups in total. The van der Waals surface area contributed by atoms with Gasteiger partial charge in [0.1, 0.15) is 23.8 Å². The van der Waals surface area contributed by atoms with Crippen molar-refractivity contribution in [2.45, 2.75) is 13.5 Å². The van der Waals surface area contributed by atoms with Crippen LogP contribution >= 0.6 is 0 Å². The third-order valence-electron chi connectivity index (χ3n) is 5.48. The molecule has 4 rings (SSSR count). The summed E-state index contributed by atoms with van der Waals surface area (Å²) in [6, 6.07) is 18.1. The van der Waals surface area contributed by atoms with Crippen LogP contribution in [0.2, 0.25) is 0 Å². The Labute approximate surface area is 191 Å². The Morgan fingerprint density at radius 3 is 2.45 bits per heavy atom. The molecule has 0 amide bonds. The number of hydrogen-bond donors (Lipinski definition) is 1. The Kier molecular flexibility index (Phi) is 6.04. The van der Waals surface area contributed by atoms with E-state index in [2.05, 4.69) is 0 Å². The molecule has 2 aromatic heterocycles. The molecule has 7 heteroatoms. The molecule has 0 bridgehead atoms. The number of carbonyl (C=O) groups is 2. The molecule has 0 saturated heterocycles. The van der Waals surface area contributed by atoms with Gasteiger partial charge in [0.2, 0.25) is 5.78 Å². The zero-order valence-electron chi connectivity index (χ0n) is 18.6. The molecule has 0 aliphatic heterocycles. The van der Waals surface area contributed by atoms with Crippen LogP contribution in [-0.2, 0) is 11.3 Å². The van der Waals surface area contributed by atoms with E-state index >= 15 is 0 Å². The van der Waals surface area contributed by atoms with E-state index in [-0.39, 0.29) is 17.0 Å². The second-order valence-electron chi connectivity index (χ2n) is 7.52. The van der Waals surface area contributed by atoms with Gasteiger partial charge in [-0.1, -0.05) is 30.3 Å². The number of benzene rings is 2. The molecular formula is C26H24N2O5. The first-order chi connectivity index (χ1) is 15.9. The van der Waals surface area contributed by atoms with Gasteiger partial charge in [0, 0.05) is 16.8 Å². The van der Waals surface area contributed by atoms with Gasteiger partial charge < -0.3 is 24.3 Å². The number of nitrogen functional groups attached to an aromatic ring is 1. The van der Waals surface area contributed by atoms with Gasteiger partial charge in [0.15, 0.2) is 0 Å². The van der Waals surface area contributed by atoms with Crippen LogP contribution in [0.15, 0.2) is 66.9 Å². The number of ether oxygens (including phenoxy) is 3. The lowest BCUT2D eigenvalue weighted by Crippen LogP contribution is -2.11. The molecule has 0 spiro atoms. The number of anilines is 1. The molecule has 0 radical (unpaired) electrons. The number of pyridine rings is 1. The molecule has 0 unspecified atom stereocenters. The number of hydrogen-bond acceptors (Lipinski definition) is 6. The summed E-state index contributed by atoms with van der Waals surface area (Å²) in [4.78, 5) is 25.6. The summed E-state index contributed by atoms with van der Waals surface area (Å²) in [5.74, 6) is 0.312. The first-order valence-corrected chi connectivity index (χ1v) is 10.3. The quantitative estimate of drug-likeness (QED) is 0.257. The summed E-state index contributed by atoms with van der Waals surface area (Å²) < 4.78 is 18.1. The molecular weight excluding hydrogens is 420 g/mol. The molecule has 168 valence electrons. The van der Waals surface area contributed by atoms with E-state index in [1.807, 2.05) is 49.4 Å². The summed E-state index contributed by atoms with van der Waals surface area (Å²) in [6.07, 6.45) is 1.76. The molecule has 0 atom stereocenters. The normalized spacial score (nSPS) is 10.8. The van der Waals surface area contributed by atoms with Gasteiger partial charge in [-0.05, 0) is 42.8 Å². The number of carbonyl (C=O) groups excluding carboxylic acids is 2. The highest BCUT2D eigenvalue weighted by molar-refractivity contribution is 6.12. The highest BCUT2D eigenvalue weighted by Gasteiger charge is 2.24. The van der Waals surface area contributed by atoms with E-state index in [0.29, 0.717) is 34.9 Å². The van der Waals surface area contributed by atoms with E-state index in [4.69, 9.17) is 19.9 Å². The van der Waals surface area contributed by atoms with E-state index in [9.17, 15) is 9.59 Å². The number of fused-ring (bicyclic) bond motifs is 1. The molecule has 7 nitrogen and oxygen atoms in total. The van der Waals surface area contributed by atoms with Gasteiger partial charge in [-0.25, -0.2) is 4.79 Å². The summed E-state index contributed by atoms with van der Waals surface area (Å²) in [7, 11) is 2.83. The Morgan fingerprint density at radius 1 is 1.00 bits per heavy atom. The van der Waals surface area contributed by atoms with Gasteiger partial charge in [-0.2, -0.15) is 0 Å². The van der Waals surface area contributed by atoms with E-state index < -0.39 is 5.97 Å². The smallest absolute Gasteiger partial charge is 0.339 e. The van der Waals surface area contributed by atoms with Crippen LogP contribution in [0.25, 0.3) is 5.52 Å². The highest BCUT2D eigenvalue weighted by atomic mass is 16.5. The molecule has 2 aromatic carbocycles. The number of aromatic nitrogens is 1. The van der Waals surface area contributed by atoms with Gasteiger partial charge in [0.25, 0.3) is 0 Å². The Bertz CT molecular complexity index is 1340. The van der Waals surface area contributed by atoms with E-state index in [1.165, 1.54) is 19.2 Å². The second-order valence-corrected chi connectivity index (χ2v) is 7.52. The van der Waals surface area contributed by atoms with Crippen molar-refractivity contribution in [2.75, 3.05) is 20.0 Å². The lowest BCUT2D eigenvalue weighted by atomic mass is 10.0. The zero-order chi connectivity index (χ0) is 23.5. The average molecular weight is 444 g/mol. The lowest BCUT2D eigenvalue weighted by Gasteiger charge is -2.10. The van der Waals surface area contributed by atoms with Gasteiger partial charge in [0.05, 0.1) is 31.5 Å². The maximum Gasteiger partial charge on any atom is 0.339 e. The number of nitrogens with two attached hydrogens (primary N) is 1. The number of ketones is 1. The third kappa shape index (κ3) is 4.13. The Morgan fingerprint density at radius 2 is 1.76 bits per heavy atom. The number of rotatable bonds is 7. The predicted molar refractivity (Wildman–Crippen MR) is 125 cm³/mol. The van der Waals surface area contributed by atoms with Crippen LogP contribution in [-0.4, -0.2) is 30.4 Å². The standard InChI is InChI=1S/C26H24N2O5/c1-16-23(24(29)18-9-11-21(27)20(13-18)26(30)32-3)28-14-19(10-12-22(28)25(16)31-2)33-15-17-7-5-4-6-8-17/h4-14H,15,27H2,1-3H3. The van der Waals surface area contributed by atoms with Crippen molar-refractivity contribution < 1.29 is 23.8 Å². The lowest BCUT2D eigenvalue weighted by molar-refractivity contribution is 0.0602. The molecule has 0 aliphatic rings. The van der Waals surface area contributed by atoms with Crippen LogP contribution in [0.5, 0.6) is 11.5 Å². The van der Waals surface area contributed by atoms with Crippen molar-refractivity contribution in [3.05, 3.63) is 94.8 Å². The van der Waals surface area contributed by atoms with Crippen LogP contribution in [0, 0.1) is 6.92 Å². The molecule has 2 heterocycles. The molecule has 4 aromatic rings. The summed E-state index contributed by atoms with van der Waals surface area (Å²) >= 11 is 0. The first kappa shape index (κ1) is 22.0. The van der Waals surface area contributed by atoms with Gasteiger partial charge in [-0.15, -0.1) is 0 Å². The maximum absolute atomic E-state index is 13.6. The fourth-order valence-corrected chi connectivity index (χ4v) is 3.82. The third-order valence-corrected chi connectivity index (χ3v) is 5.48. The average Bonchev–Trinajstić information content (AvgIpc) is 3.12. The fourth-order valence-electron chi connectivity index (χ4n) is 3.82. The van der Waals surface area contributed by atoms with Crippen molar-refractivity contribution >= 4 is 23.0 Å². The Hall–Kier alpha value is -4.26. The predicted octanol–water partition coefficient (Wildman–Crippen LogP) is 4.44. The summed E-state index contributed by atoms with van der Waals surface area (Å²) in [5.41, 5.74) is 9.44. The molecule has 0 aliphatic carbocycles. The first-order valence-electron chi connectivity index (χ1n) is 10.3. The fraction of sp³-hybridized carbons (Fsp3) is 0.154. The highest BCUT2D eigenvalue weighted by Crippen LogP contribution is 2.34. The van der Waals surface area contributed by atoms with Gasteiger partial charge in [-0.3, -0.25) is 4.79 Å². The minimum Gasteiger partial charge on any atom is -0.494 e. The number of nitrogens with zero attached hydrogens (tertiary/aromatic N) is 1. The Balaban J connectivity index is 1.77. The number of esters is 1.